The second-order valence-electron chi connectivity index (χ2n) is 5.57. The molecule has 1 aliphatic rings. The summed E-state index contributed by atoms with van der Waals surface area (Å²) < 4.78 is 5.75. The highest BCUT2D eigenvalue weighted by Crippen LogP contribution is 2.25. The van der Waals surface area contributed by atoms with E-state index in [1.54, 1.807) is 0 Å². The third kappa shape index (κ3) is 8.18. The van der Waals surface area contributed by atoms with Crippen molar-refractivity contribution in [3.63, 3.8) is 0 Å². The van der Waals surface area contributed by atoms with E-state index in [2.05, 4.69) is 17.6 Å². The van der Waals surface area contributed by atoms with Gasteiger partial charge >= 0.3 is 0 Å². The van der Waals surface area contributed by atoms with E-state index in [9.17, 15) is 9.90 Å². The van der Waals surface area contributed by atoms with Crippen molar-refractivity contribution in [2.75, 3.05) is 26.2 Å². The van der Waals surface area contributed by atoms with E-state index in [4.69, 9.17) is 4.74 Å². The van der Waals surface area contributed by atoms with Crippen LogP contribution in [-0.4, -0.2) is 49.5 Å². The van der Waals surface area contributed by atoms with Crippen LogP contribution in [0.4, 0.5) is 0 Å². The molecule has 3 N–H and O–H groups in total. The Morgan fingerprint density at radius 2 is 2.21 bits per heavy atom. The lowest BCUT2D eigenvalue weighted by molar-refractivity contribution is -0.118. The third-order valence-corrected chi connectivity index (χ3v) is 3.47. The van der Waals surface area contributed by atoms with E-state index in [0.717, 1.165) is 18.8 Å². The summed E-state index contributed by atoms with van der Waals surface area (Å²) in [6.07, 6.45) is 4.60. The Morgan fingerprint density at radius 1 is 1.42 bits per heavy atom. The lowest BCUT2D eigenvalue weighted by Gasteiger charge is -2.27. The van der Waals surface area contributed by atoms with E-state index >= 15 is 0 Å². The van der Waals surface area contributed by atoms with Gasteiger partial charge in [0, 0.05) is 26.6 Å². The molecule has 0 aromatic heterocycles. The predicted molar refractivity (Wildman–Crippen MR) is 74.9 cm³/mol. The monoisotopic (exact) mass is 272 g/mol. The molecule has 0 aliphatic heterocycles. The molecule has 1 amide bonds. The molecule has 19 heavy (non-hydrogen) atoms. The SMILES string of the molecule is CC(=O)NCCNCC(O)COC1CCCC(C)C1. The normalized spacial score (nSPS) is 25.0. The van der Waals surface area contributed by atoms with Gasteiger partial charge in [-0.15, -0.1) is 0 Å². The van der Waals surface area contributed by atoms with Crippen molar-refractivity contribution in [1.29, 1.82) is 0 Å². The standard InChI is InChI=1S/C14H28N2O3/c1-11-4-3-5-14(8-11)19-10-13(18)9-15-6-7-16-12(2)17/h11,13-15,18H,3-10H2,1-2H3,(H,16,17). The van der Waals surface area contributed by atoms with Crippen molar-refractivity contribution in [3.8, 4) is 0 Å². The van der Waals surface area contributed by atoms with Gasteiger partial charge in [0.25, 0.3) is 0 Å². The minimum atomic E-state index is -0.477. The zero-order valence-corrected chi connectivity index (χ0v) is 12.2. The smallest absolute Gasteiger partial charge is 0.216 e. The van der Waals surface area contributed by atoms with Crippen molar-refractivity contribution in [2.24, 2.45) is 5.92 Å². The topological polar surface area (TPSA) is 70.6 Å². The molecule has 3 unspecified atom stereocenters. The number of ether oxygens (including phenoxy) is 1. The fourth-order valence-corrected chi connectivity index (χ4v) is 2.43. The summed E-state index contributed by atoms with van der Waals surface area (Å²) in [5.41, 5.74) is 0. The number of amides is 1. The van der Waals surface area contributed by atoms with E-state index in [1.165, 1.54) is 19.8 Å². The molecule has 1 fully saturated rings. The Bertz CT molecular complexity index is 261. The fraction of sp³-hybridized carbons (Fsp3) is 0.929. The molecule has 0 saturated heterocycles. The number of aliphatic hydroxyl groups is 1. The molecular weight excluding hydrogens is 244 g/mol. The number of hydrogen-bond acceptors (Lipinski definition) is 4. The number of rotatable bonds is 8. The summed E-state index contributed by atoms with van der Waals surface area (Å²) in [5.74, 6) is 0.712. The Kier molecular flexibility index (Phi) is 8.02. The molecule has 1 aliphatic carbocycles. The van der Waals surface area contributed by atoms with Crippen molar-refractivity contribution in [3.05, 3.63) is 0 Å². The van der Waals surface area contributed by atoms with Gasteiger partial charge in [-0.25, -0.2) is 0 Å². The molecule has 5 heteroatoms. The fourth-order valence-electron chi connectivity index (χ4n) is 2.43. The van der Waals surface area contributed by atoms with Crippen LogP contribution in [-0.2, 0) is 9.53 Å². The van der Waals surface area contributed by atoms with Gasteiger partial charge < -0.3 is 20.5 Å². The van der Waals surface area contributed by atoms with Crippen LogP contribution in [0.15, 0.2) is 0 Å². The van der Waals surface area contributed by atoms with Gasteiger partial charge in [-0.2, -0.15) is 0 Å². The maximum absolute atomic E-state index is 10.6. The summed E-state index contributed by atoms with van der Waals surface area (Å²) >= 11 is 0. The van der Waals surface area contributed by atoms with Crippen molar-refractivity contribution >= 4 is 5.91 Å². The molecule has 1 rings (SSSR count). The van der Waals surface area contributed by atoms with Crippen LogP contribution in [0.5, 0.6) is 0 Å². The molecule has 0 bridgehead atoms. The van der Waals surface area contributed by atoms with Gasteiger partial charge in [0.1, 0.15) is 0 Å². The average molecular weight is 272 g/mol. The Hall–Kier alpha value is -0.650. The minimum absolute atomic E-state index is 0.0305. The maximum Gasteiger partial charge on any atom is 0.216 e. The minimum Gasteiger partial charge on any atom is -0.389 e. The van der Waals surface area contributed by atoms with E-state index in [1.807, 2.05) is 0 Å². The molecule has 0 spiro atoms. The summed E-state index contributed by atoms with van der Waals surface area (Å²) in [7, 11) is 0. The van der Waals surface area contributed by atoms with Gasteiger partial charge in [0.05, 0.1) is 18.8 Å². The van der Waals surface area contributed by atoms with E-state index in [-0.39, 0.29) is 5.91 Å². The zero-order valence-electron chi connectivity index (χ0n) is 12.2. The first-order valence-corrected chi connectivity index (χ1v) is 7.32. The van der Waals surface area contributed by atoms with Gasteiger partial charge in [0.15, 0.2) is 0 Å². The van der Waals surface area contributed by atoms with Crippen LogP contribution in [0.2, 0.25) is 0 Å². The quantitative estimate of drug-likeness (QED) is 0.568. The first-order chi connectivity index (χ1) is 9.08. The van der Waals surface area contributed by atoms with Crippen LogP contribution in [0, 0.1) is 5.92 Å². The van der Waals surface area contributed by atoms with E-state index < -0.39 is 6.10 Å². The average Bonchev–Trinajstić information content (AvgIpc) is 2.35. The first-order valence-electron chi connectivity index (χ1n) is 7.32. The highest BCUT2D eigenvalue weighted by molar-refractivity contribution is 5.72. The lowest BCUT2D eigenvalue weighted by Crippen LogP contribution is -2.37. The number of carbonyl (C=O) groups is 1. The van der Waals surface area contributed by atoms with Gasteiger partial charge in [-0.1, -0.05) is 19.8 Å². The molecule has 0 heterocycles. The second kappa shape index (κ2) is 9.28. The molecule has 0 radical (unpaired) electrons. The second-order valence-corrected chi connectivity index (χ2v) is 5.57. The van der Waals surface area contributed by atoms with Crippen LogP contribution in [0.1, 0.15) is 39.5 Å². The van der Waals surface area contributed by atoms with Crippen molar-refractivity contribution < 1.29 is 14.6 Å². The highest BCUT2D eigenvalue weighted by atomic mass is 16.5. The summed E-state index contributed by atoms with van der Waals surface area (Å²) in [6, 6.07) is 0. The summed E-state index contributed by atoms with van der Waals surface area (Å²) in [4.78, 5) is 10.6. The third-order valence-electron chi connectivity index (χ3n) is 3.47. The summed E-state index contributed by atoms with van der Waals surface area (Å²) in [6.45, 7) is 5.90. The van der Waals surface area contributed by atoms with Gasteiger partial charge in [0.2, 0.25) is 5.91 Å². The highest BCUT2D eigenvalue weighted by Gasteiger charge is 2.20. The Balaban J connectivity index is 1.98. The van der Waals surface area contributed by atoms with Crippen molar-refractivity contribution in [2.45, 2.75) is 51.7 Å². The maximum atomic E-state index is 10.6. The molecule has 0 aromatic carbocycles. The Morgan fingerprint density at radius 3 is 2.89 bits per heavy atom. The number of aliphatic hydroxyl groups excluding tert-OH is 1. The predicted octanol–water partition coefficient (Wildman–Crippen LogP) is 0.668. The number of carbonyl (C=O) groups excluding carboxylic acids is 1. The van der Waals surface area contributed by atoms with Crippen molar-refractivity contribution in [1.82, 2.24) is 10.6 Å². The van der Waals surface area contributed by atoms with Gasteiger partial charge in [-0.05, 0) is 18.8 Å². The zero-order chi connectivity index (χ0) is 14.1. The summed E-state index contributed by atoms with van der Waals surface area (Å²) in [5, 5.41) is 15.6. The van der Waals surface area contributed by atoms with Crippen LogP contribution in [0.25, 0.3) is 0 Å². The number of nitrogens with one attached hydrogen (secondary N) is 2. The molecule has 112 valence electrons. The molecule has 1 saturated carbocycles. The van der Waals surface area contributed by atoms with Crippen LogP contribution in [0.3, 0.4) is 0 Å². The van der Waals surface area contributed by atoms with E-state index in [0.29, 0.717) is 32.3 Å². The number of hydrogen-bond donors (Lipinski definition) is 3. The molecule has 5 nitrogen and oxygen atoms in total. The van der Waals surface area contributed by atoms with Crippen LogP contribution >= 0.6 is 0 Å². The largest absolute Gasteiger partial charge is 0.389 e. The molecule has 0 aromatic rings. The molecule has 3 atom stereocenters. The Labute approximate surface area is 116 Å². The first kappa shape index (κ1) is 16.4. The van der Waals surface area contributed by atoms with Gasteiger partial charge in [-0.3, -0.25) is 4.79 Å². The molecular formula is C14H28N2O3. The lowest BCUT2D eigenvalue weighted by atomic mass is 9.89. The van der Waals surface area contributed by atoms with Crippen LogP contribution < -0.4 is 10.6 Å².